The molecule has 0 radical (unpaired) electrons. The Morgan fingerprint density at radius 2 is 2.30 bits per heavy atom. The van der Waals surface area contributed by atoms with Gasteiger partial charge in [-0.25, -0.2) is 0 Å². The molecule has 0 spiro atoms. The van der Waals surface area contributed by atoms with Crippen molar-refractivity contribution in [1.29, 1.82) is 0 Å². The number of hydrogen-bond acceptors (Lipinski definition) is 3. The van der Waals surface area contributed by atoms with Gasteiger partial charge in [-0.1, -0.05) is 0 Å². The standard InChI is InChI=1S/C6H11NO3/c7-6(3-10-4-6)2-1-5(8)9/h1-4,7H2,(H,8,9). The molecule has 4 heteroatoms. The zero-order valence-corrected chi connectivity index (χ0v) is 5.67. The van der Waals surface area contributed by atoms with Gasteiger partial charge in [0.1, 0.15) is 0 Å². The Labute approximate surface area is 59.0 Å². The zero-order chi connectivity index (χ0) is 7.61. The van der Waals surface area contributed by atoms with Gasteiger partial charge in [0.05, 0.1) is 18.8 Å². The minimum Gasteiger partial charge on any atom is -0.481 e. The second kappa shape index (κ2) is 2.56. The third-order valence-corrected chi connectivity index (χ3v) is 1.62. The summed E-state index contributed by atoms with van der Waals surface area (Å²) in [5.74, 6) is -0.795. The average Bonchev–Trinajstić information content (AvgIpc) is 1.79. The zero-order valence-electron chi connectivity index (χ0n) is 5.67. The van der Waals surface area contributed by atoms with Gasteiger partial charge in [-0.15, -0.1) is 0 Å². The molecule has 0 aromatic carbocycles. The number of ether oxygens (including phenoxy) is 1. The largest absolute Gasteiger partial charge is 0.481 e. The molecule has 1 rings (SSSR count). The van der Waals surface area contributed by atoms with E-state index in [9.17, 15) is 4.79 Å². The van der Waals surface area contributed by atoms with Crippen molar-refractivity contribution in [3.63, 3.8) is 0 Å². The molecule has 10 heavy (non-hydrogen) atoms. The molecule has 0 saturated carbocycles. The summed E-state index contributed by atoms with van der Waals surface area (Å²) in [6.45, 7) is 1.00. The van der Waals surface area contributed by atoms with Crippen LogP contribution in [0.2, 0.25) is 0 Å². The Kier molecular flexibility index (Phi) is 1.92. The number of nitrogens with two attached hydrogens (primary N) is 1. The number of carboxylic acids is 1. The van der Waals surface area contributed by atoms with Gasteiger partial charge in [-0.3, -0.25) is 4.79 Å². The van der Waals surface area contributed by atoms with Crippen molar-refractivity contribution in [2.75, 3.05) is 13.2 Å². The van der Waals surface area contributed by atoms with Crippen molar-refractivity contribution in [3.05, 3.63) is 0 Å². The minimum absolute atomic E-state index is 0.139. The molecule has 1 fully saturated rings. The topological polar surface area (TPSA) is 72.6 Å². The first-order valence-electron chi connectivity index (χ1n) is 3.21. The lowest BCUT2D eigenvalue weighted by molar-refractivity contribution is -0.138. The van der Waals surface area contributed by atoms with Crippen LogP contribution in [-0.2, 0) is 9.53 Å². The van der Waals surface area contributed by atoms with Crippen LogP contribution in [0.25, 0.3) is 0 Å². The molecule has 0 unspecified atom stereocenters. The van der Waals surface area contributed by atoms with E-state index in [1.807, 2.05) is 0 Å². The maximum absolute atomic E-state index is 10.1. The van der Waals surface area contributed by atoms with E-state index in [1.165, 1.54) is 0 Å². The van der Waals surface area contributed by atoms with E-state index in [-0.39, 0.29) is 12.0 Å². The summed E-state index contributed by atoms with van der Waals surface area (Å²) in [5, 5.41) is 8.30. The Bertz CT molecular complexity index is 142. The normalized spacial score (nSPS) is 21.7. The summed E-state index contributed by atoms with van der Waals surface area (Å²) in [6, 6.07) is 0. The maximum Gasteiger partial charge on any atom is 0.303 e. The third kappa shape index (κ3) is 1.68. The molecule has 1 heterocycles. The molecule has 3 N–H and O–H groups in total. The van der Waals surface area contributed by atoms with Gasteiger partial charge in [0, 0.05) is 6.42 Å². The van der Waals surface area contributed by atoms with E-state index in [0.717, 1.165) is 0 Å². The molecule has 4 nitrogen and oxygen atoms in total. The van der Waals surface area contributed by atoms with E-state index < -0.39 is 5.97 Å². The second-order valence-corrected chi connectivity index (χ2v) is 2.75. The Morgan fingerprint density at radius 1 is 1.70 bits per heavy atom. The number of hydrogen-bond donors (Lipinski definition) is 2. The highest BCUT2D eigenvalue weighted by Gasteiger charge is 2.33. The molecule has 0 aliphatic carbocycles. The predicted octanol–water partition coefficient (Wildman–Crippen LogP) is -0.421. The van der Waals surface area contributed by atoms with Gasteiger partial charge >= 0.3 is 5.97 Å². The Morgan fingerprint density at radius 3 is 2.60 bits per heavy atom. The highest BCUT2D eigenvalue weighted by molar-refractivity contribution is 5.66. The second-order valence-electron chi connectivity index (χ2n) is 2.75. The molecule has 0 amide bonds. The fourth-order valence-corrected chi connectivity index (χ4v) is 0.864. The number of carboxylic acid groups (broad SMARTS) is 1. The van der Waals surface area contributed by atoms with Crippen molar-refractivity contribution < 1.29 is 14.6 Å². The number of carbonyl (C=O) groups is 1. The molecule has 0 bridgehead atoms. The Balaban J connectivity index is 2.18. The van der Waals surface area contributed by atoms with Crippen LogP contribution in [0, 0.1) is 0 Å². The fraction of sp³-hybridized carbons (Fsp3) is 0.833. The average molecular weight is 145 g/mol. The SMILES string of the molecule is NC1(CCC(=O)O)COC1. The van der Waals surface area contributed by atoms with Crippen molar-refractivity contribution in [1.82, 2.24) is 0 Å². The van der Waals surface area contributed by atoms with Crippen LogP contribution in [-0.4, -0.2) is 29.8 Å². The van der Waals surface area contributed by atoms with E-state index in [4.69, 9.17) is 15.6 Å². The predicted molar refractivity (Wildman–Crippen MR) is 34.6 cm³/mol. The monoisotopic (exact) mass is 145 g/mol. The van der Waals surface area contributed by atoms with Gasteiger partial charge in [-0.05, 0) is 6.42 Å². The van der Waals surface area contributed by atoms with Crippen LogP contribution in [0.1, 0.15) is 12.8 Å². The lowest BCUT2D eigenvalue weighted by atomic mass is 9.93. The van der Waals surface area contributed by atoms with Crippen LogP contribution >= 0.6 is 0 Å². The third-order valence-electron chi connectivity index (χ3n) is 1.62. The van der Waals surface area contributed by atoms with Crippen LogP contribution in [0.4, 0.5) is 0 Å². The van der Waals surface area contributed by atoms with E-state index in [2.05, 4.69) is 0 Å². The first kappa shape index (κ1) is 7.50. The number of aliphatic carboxylic acids is 1. The van der Waals surface area contributed by atoms with Crippen molar-refractivity contribution in [2.24, 2.45) is 5.73 Å². The van der Waals surface area contributed by atoms with Gasteiger partial charge in [-0.2, -0.15) is 0 Å². The maximum atomic E-state index is 10.1. The molecule has 0 aromatic heterocycles. The molecule has 0 aromatic rings. The molecule has 1 aliphatic rings. The quantitative estimate of drug-likeness (QED) is 0.565. The molecular formula is C6H11NO3. The summed E-state index contributed by atoms with van der Waals surface area (Å²) < 4.78 is 4.85. The summed E-state index contributed by atoms with van der Waals surface area (Å²) in [7, 11) is 0. The first-order valence-corrected chi connectivity index (χ1v) is 3.21. The lowest BCUT2D eigenvalue weighted by Gasteiger charge is -2.37. The van der Waals surface area contributed by atoms with E-state index >= 15 is 0 Å². The summed E-state index contributed by atoms with van der Waals surface area (Å²) in [5.41, 5.74) is 5.31. The van der Waals surface area contributed by atoms with Crippen molar-refractivity contribution in [2.45, 2.75) is 18.4 Å². The van der Waals surface area contributed by atoms with Crippen LogP contribution in [0.3, 0.4) is 0 Å². The van der Waals surface area contributed by atoms with Crippen molar-refractivity contribution in [3.8, 4) is 0 Å². The molecular weight excluding hydrogens is 134 g/mol. The van der Waals surface area contributed by atoms with Crippen molar-refractivity contribution >= 4 is 5.97 Å². The summed E-state index contributed by atoms with van der Waals surface area (Å²) >= 11 is 0. The highest BCUT2D eigenvalue weighted by atomic mass is 16.5. The van der Waals surface area contributed by atoms with E-state index in [1.54, 1.807) is 0 Å². The summed E-state index contributed by atoms with van der Waals surface area (Å²) in [6.07, 6.45) is 0.655. The molecule has 58 valence electrons. The first-order chi connectivity index (χ1) is 4.62. The van der Waals surface area contributed by atoms with Crippen LogP contribution in [0.5, 0.6) is 0 Å². The minimum atomic E-state index is -0.795. The van der Waals surface area contributed by atoms with Gasteiger partial charge in [0.15, 0.2) is 0 Å². The van der Waals surface area contributed by atoms with Gasteiger partial charge < -0.3 is 15.6 Å². The van der Waals surface area contributed by atoms with Crippen LogP contribution in [0.15, 0.2) is 0 Å². The Hall–Kier alpha value is -0.610. The van der Waals surface area contributed by atoms with Crippen LogP contribution < -0.4 is 5.73 Å². The lowest BCUT2D eigenvalue weighted by Crippen LogP contribution is -2.57. The molecule has 0 atom stereocenters. The molecule has 1 aliphatic heterocycles. The summed E-state index contributed by atoms with van der Waals surface area (Å²) in [4.78, 5) is 10.1. The molecule has 1 saturated heterocycles. The van der Waals surface area contributed by atoms with Gasteiger partial charge in [0.2, 0.25) is 0 Å². The number of rotatable bonds is 3. The highest BCUT2D eigenvalue weighted by Crippen LogP contribution is 2.18. The fourth-order valence-electron chi connectivity index (χ4n) is 0.864. The van der Waals surface area contributed by atoms with Gasteiger partial charge in [0.25, 0.3) is 0 Å². The van der Waals surface area contributed by atoms with E-state index in [0.29, 0.717) is 19.6 Å². The smallest absolute Gasteiger partial charge is 0.303 e.